The molecule has 0 radical (unpaired) electrons. The van der Waals surface area contributed by atoms with Crippen molar-refractivity contribution in [3.8, 4) is 5.88 Å². The van der Waals surface area contributed by atoms with Crippen LogP contribution < -0.4 is 10.1 Å². The van der Waals surface area contributed by atoms with E-state index in [4.69, 9.17) is 9.47 Å². The summed E-state index contributed by atoms with van der Waals surface area (Å²) in [5.41, 5.74) is -0.155. The Hall–Kier alpha value is -1.40. The summed E-state index contributed by atoms with van der Waals surface area (Å²) in [4.78, 5) is 11.1. The van der Waals surface area contributed by atoms with Crippen molar-refractivity contribution < 1.29 is 9.47 Å². The Morgan fingerprint density at radius 2 is 2.00 bits per heavy atom. The van der Waals surface area contributed by atoms with E-state index in [1.54, 1.807) is 11.3 Å². The Kier molecular flexibility index (Phi) is 5.00. The number of hydrogen-bond acceptors (Lipinski definition) is 6. The van der Waals surface area contributed by atoms with Gasteiger partial charge in [-0.15, -0.1) is 11.3 Å². The van der Waals surface area contributed by atoms with Gasteiger partial charge in [0.15, 0.2) is 0 Å². The Morgan fingerprint density at radius 1 is 1.24 bits per heavy atom. The average Bonchev–Trinajstić information content (AvgIpc) is 2.85. The van der Waals surface area contributed by atoms with E-state index in [0.717, 1.165) is 16.6 Å². The van der Waals surface area contributed by atoms with Gasteiger partial charge in [-0.05, 0) is 33.3 Å². The van der Waals surface area contributed by atoms with Gasteiger partial charge in [-0.1, -0.05) is 6.92 Å². The molecule has 21 heavy (non-hydrogen) atoms. The third-order valence-electron chi connectivity index (χ3n) is 2.84. The van der Waals surface area contributed by atoms with Crippen molar-refractivity contribution in [2.24, 2.45) is 0 Å². The highest BCUT2D eigenvalue weighted by Gasteiger charge is 2.13. The SMILES string of the molecule is CCc1cc2c(OCCOC(C)(C)C)nc(NC)nc2s1. The van der Waals surface area contributed by atoms with Crippen molar-refractivity contribution in [3.63, 3.8) is 0 Å². The quantitative estimate of drug-likeness (QED) is 0.828. The zero-order chi connectivity index (χ0) is 15.5. The van der Waals surface area contributed by atoms with E-state index in [-0.39, 0.29) is 5.60 Å². The van der Waals surface area contributed by atoms with Crippen molar-refractivity contribution in [3.05, 3.63) is 10.9 Å². The van der Waals surface area contributed by atoms with Gasteiger partial charge < -0.3 is 14.8 Å². The molecule has 116 valence electrons. The number of anilines is 1. The van der Waals surface area contributed by atoms with Gasteiger partial charge in [0, 0.05) is 11.9 Å². The lowest BCUT2D eigenvalue weighted by atomic mass is 10.2. The fourth-order valence-corrected chi connectivity index (χ4v) is 2.79. The summed E-state index contributed by atoms with van der Waals surface area (Å²) >= 11 is 1.68. The second-order valence-electron chi connectivity index (χ2n) is 5.70. The molecular weight excluding hydrogens is 286 g/mol. The van der Waals surface area contributed by atoms with Crippen LogP contribution in [0.2, 0.25) is 0 Å². The number of thiophene rings is 1. The summed E-state index contributed by atoms with van der Waals surface area (Å²) in [6, 6.07) is 2.11. The van der Waals surface area contributed by atoms with Crippen LogP contribution in [0, 0.1) is 0 Å². The molecule has 0 saturated heterocycles. The maximum atomic E-state index is 5.81. The lowest BCUT2D eigenvalue weighted by molar-refractivity contribution is -0.0166. The van der Waals surface area contributed by atoms with Crippen LogP contribution in [0.4, 0.5) is 5.95 Å². The molecular formula is C15H23N3O2S. The number of fused-ring (bicyclic) bond motifs is 1. The predicted molar refractivity (Wildman–Crippen MR) is 87.5 cm³/mol. The fourth-order valence-electron chi connectivity index (χ4n) is 1.83. The number of ether oxygens (including phenoxy) is 2. The first-order valence-corrected chi connectivity index (χ1v) is 7.99. The Morgan fingerprint density at radius 3 is 2.62 bits per heavy atom. The average molecular weight is 309 g/mol. The standard InChI is InChI=1S/C15H23N3O2S/c1-6-10-9-11-12(19-7-8-20-15(2,3)4)17-14(16-5)18-13(11)21-10/h9H,6-8H2,1-5H3,(H,16,17,18). The van der Waals surface area contributed by atoms with E-state index in [1.165, 1.54) is 4.88 Å². The number of rotatable bonds is 6. The van der Waals surface area contributed by atoms with Gasteiger partial charge >= 0.3 is 0 Å². The molecule has 2 rings (SSSR count). The molecule has 5 nitrogen and oxygen atoms in total. The molecule has 0 bridgehead atoms. The molecule has 0 fully saturated rings. The van der Waals surface area contributed by atoms with Crippen LogP contribution in [0.25, 0.3) is 10.2 Å². The molecule has 2 aromatic heterocycles. The molecule has 0 spiro atoms. The summed E-state index contributed by atoms with van der Waals surface area (Å²) in [6.07, 6.45) is 0.989. The highest BCUT2D eigenvalue weighted by molar-refractivity contribution is 7.18. The number of hydrogen-bond donors (Lipinski definition) is 1. The zero-order valence-electron chi connectivity index (χ0n) is 13.3. The number of nitrogens with zero attached hydrogens (tertiary/aromatic N) is 2. The topological polar surface area (TPSA) is 56.3 Å². The highest BCUT2D eigenvalue weighted by Crippen LogP contribution is 2.31. The van der Waals surface area contributed by atoms with Crippen LogP contribution in [0.15, 0.2) is 6.07 Å². The Bertz CT molecular complexity index is 605. The van der Waals surface area contributed by atoms with Crippen LogP contribution >= 0.6 is 11.3 Å². The molecule has 0 atom stereocenters. The lowest BCUT2D eigenvalue weighted by Gasteiger charge is -2.19. The molecule has 0 aromatic carbocycles. The third-order valence-corrected chi connectivity index (χ3v) is 4.01. The van der Waals surface area contributed by atoms with Gasteiger partial charge in [-0.25, -0.2) is 4.98 Å². The van der Waals surface area contributed by atoms with Gasteiger partial charge in [-0.2, -0.15) is 4.98 Å². The molecule has 2 heterocycles. The van der Waals surface area contributed by atoms with Crippen LogP contribution in [-0.2, 0) is 11.2 Å². The number of nitrogens with one attached hydrogen (secondary N) is 1. The lowest BCUT2D eigenvalue weighted by Crippen LogP contribution is -2.22. The number of aryl methyl sites for hydroxylation is 1. The molecule has 0 aliphatic rings. The van der Waals surface area contributed by atoms with E-state index in [0.29, 0.717) is 25.0 Å². The fraction of sp³-hybridized carbons (Fsp3) is 0.600. The van der Waals surface area contributed by atoms with E-state index >= 15 is 0 Å². The molecule has 0 unspecified atom stereocenters. The minimum atomic E-state index is -0.155. The number of aromatic nitrogens is 2. The maximum Gasteiger partial charge on any atom is 0.227 e. The highest BCUT2D eigenvalue weighted by atomic mass is 32.1. The smallest absolute Gasteiger partial charge is 0.227 e. The zero-order valence-corrected chi connectivity index (χ0v) is 14.1. The van der Waals surface area contributed by atoms with Crippen LogP contribution in [0.5, 0.6) is 5.88 Å². The first-order valence-electron chi connectivity index (χ1n) is 7.18. The van der Waals surface area contributed by atoms with Crippen molar-refractivity contribution in [2.45, 2.75) is 39.7 Å². The molecule has 2 aromatic rings. The summed E-state index contributed by atoms with van der Waals surface area (Å²) < 4.78 is 11.5. The molecule has 0 saturated carbocycles. The van der Waals surface area contributed by atoms with Crippen molar-refractivity contribution in [1.82, 2.24) is 9.97 Å². The largest absolute Gasteiger partial charge is 0.475 e. The summed E-state index contributed by atoms with van der Waals surface area (Å²) in [6.45, 7) is 9.23. The molecule has 0 amide bonds. The predicted octanol–water partition coefficient (Wildman–Crippen LogP) is 3.49. The van der Waals surface area contributed by atoms with E-state index in [1.807, 2.05) is 27.8 Å². The van der Waals surface area contributed by atoms with E-state index in [2.05, 4.69) is 28.3 Å². The van der Waals surface area contributed by atoms with Crippen LogP contribution in [0.1, 0.15) is 32.6 Å². The molecule has 0 aliphatic heterocycles. The minimum Gasteiger partial charge on any atom is -0.475 e. The van der Waals surface area contributed by atoms with Gasteiger partial charge in [0.1, 0.15) is 11.4 Å². The summed E-state index contributed by atoms with van der Waals surface area (Å²) in [5, 5.41) is 3.95. The van der Waals surface area contributed by atoms with E-state index < -0.39 is 0 Å². The third kappa shape index (κ3) is 4.28. The van der Waals surface area contributed by atoms with Crippen molar-refractivity contribution in [2.75, 3.05) is 25.6 Å². The van der Waals surface area contributed by atoms with Crippen molar-refractivity contribution in [1.29, 1.82) is 0 Å². The van der Waals surface area contributed by atoms with E-state index in [9.17, 15) is 0 Å². The second kappa shape index (κ2) is 6.58. The second-order valence-corrected chi connectivity index (χ2v) is 6.81. The minimum absolute atomic E-state index is 0.155. The summed E-state index contributed by atoms with van der Waals surface area (Å²) in [5.74, 6) is 1.21. The first kappa shape index (κ1) is 16.0. The van der Waals surface area contributed by atoms with Gasteiger partial charge in [0.25, 0.3) is 0 Å². The first-order chi connectivity index (χ1) is 9.93. The van der Waals surface area contributed by atoms with Gasteiger partial charge in [0.05, 0.1) is 17.6 Å². The molecule has 1 N–H and O–H groups in total. The van der Waals surface area contributed by atoms with Gasteiger partial charge in [0.2, 0.25) is 11.8 Å². The Balaban J connectivity index is 2.15. The molecule has 6 heteroatoms. The summed E-state index contributed by atoms with van der Waals surface area (Å²) in [7, 11) is 1.81. The van der Waals surface area contributed by atoms with Gasteiger partial charge in [-0.3, -0.25) is 0 Å². The Labute approximate surface area is 129 Å². The van der Waals surface area contributed by atoms with Crippen LogP contribution in [-0.4, -0.2) is 35.8 Å². The monoisotopic (exact) mass is 309 g/mol. The molecule has 0 aliphatic carbocycles. The normalized spacial score (nSPS) is 11.9. The maximum absolute atomic E-state index is 5.81. The van der Waals surface area contributed by atoms with Crippen molar-refractivity contribution >= 4 is 27.5 Å². The van der Waals surface area contributed by atoms with Crippen LogP contribution in [0.3, 0.4) is 0 Å².